The molecule has 0 fully saturated rings. The second-order valence-electron chi connectivity index (χ2n) is 6.16. The van der Waals surface area contributed by atoms with Gasteiger partial charge in [-0.1, -0.05) is 35.9 Å². The van der Waals surface area contributed by atoms with Gasteiger partial charge in [-0.05, 0) is 55.7 Å². The zero-order valence-corrected chi connectivity index (χ0v) is 15.0. The summed E-state index contributed by atoms with van der Waals surface area (Å²) in [6, 6.07) is 14.3. The summed E-state index contributed by atoms with van der Waals surface area (Å²) in [6.45, 7) is 3.31. The highest BCUT2D eigenvalue weighted by molar-refractivity contribution is 6.30. The molecule has 3 N–H and O–H groups in total. The van der Waals surface area contributed by atoms with Crippen molar-refractivity contribution in [3.63, 3.8) is 0 Å². The van der Waals surface area contributed by atoms with E-state index in [1.165, 1.54) is 0 Å². The molecule has 0 aliphatic carbocycles. The van der Waals surface area contributed by atoms with E-state index in [2.05, 4.69) is 5.32 Å². The van der Waals surface area contributed by atoms with Gasteiger partial charge in [-0.2, -0.15) is 0 Å². The molecule has 0 bridgehead atoms. The number of aliphatic hydroxyl groups is 1. The molecule has 2 atom stereocenters. The van der Waals surface area contributed by atoms with Crippen LogP contribution in [0.15, 0.2) is 48.5 Å². The topological polar surface area (TPSA) is 78.8 Å². The number of halogens is 1. The Hall–Kier alpha value is -2.08. The van der Waals surface area contributed by atoms with Crippen molar-refractivity contribution in [1.82, 2.24) is 5.32 Å². The third-order valence-corrected chi connectivity index (χ3v) is 3.98. The molecular formula is C19H22ClNO4. The molecule has 2 aromatic carbocycles. The molecule has 5 nitrogen and oxygen atoms in total. The summed E-state index contributed by atoms with van der Waals surface area (Å²) in [5, 5.41) is 23.0. The number of nitrogens with one attached hydrogen (secondary N) is 1. The summed E-state index contributed by atoms with van der Waals surface area (Å²) in [4.78, 5) is 10.5. The summed E-state index contributed by atoms with van der Waals surface area (Å²) in [6.07, 6.45) is 0.690. The normalized spacial score (nSPS) is 14.6. The molecule has 0 amide bonds. The predicted octanol–water partition coefficient (Wildman–Crippen LogP) is 3.19. The van der Waals surface area contributed by atoms with Gasteiger partial charge in [0, 0.05) is 11.1 Å². The molecule has 0 saturated carbocycles. The number of hydrogen-bond donors (Lipinski definition) is 3. The van der Waals surface area contributed by atoms with E-state index in [1.807, 2.05) is 25.1 Å². The summed E-state index contributed by atoms with van der Waals surface area (Å²) in [7, 11) is 0. The van der Waals surface area contributed by atoms with Crippen molar-refractivity contribution in [2.75, 3.05) is 6.61 Å². The predicted molar refractivity (Wildman–Crippen MR) is 96.9 cm³/mol. The van der Waals surface area contributed by atoms with Crippen molar-refractivity contribution >= 4 is 17.6 Å². The van der Waals surface area contributed by atoms with Crippen LogP contribution in [0, 0.1) is 0 Å². The first-order valence-corrected chi connectivity index (χ1v) is 8.34. The van der Waals surface area contributed by atoms with Gasteiger partial charge in [-0.25, -0.2) is 4.79 Å². The molecular weight excluding hydrogens is 342 g/mol. The number of carboxylic acid groups (broad SMARTS) is 1. The quantitative estimate of drug-likeness (QED) is 0.628. The molecule has 0 saturated heterocycles. The number of rotatable bonds is 8. The molecule has 0 aliphatic rings. The van der Waals surface area contributed by atoms with Gasteiger partial charge < -0.3 is 14.9 Å². The van der Waals surface area contributed by atoms with Gasteiger partial charge in [-0.15, -0.1) is 0 Å². The van der Waals surface area contributed by atoms with Crippen LogP contribution in [0.25, 0.3) is 0 Å². The lowest BCUT2D eigenvalue weighted by atomic mass is 10.0. The van der Waals surface area contributed by atoms with Gasteiger partial charge >= 0.3 is 5.97 Å². The second-order valence-corrected chi connectivity index (χ2v) is 6.59. The minimum atomic E-state index is -1.20. The summed E-state index contributed by atoms with van der Waals surface area (Å²) >= 11 is 5.99. The third kappa shape index (κ3) is 6.05. The molecule has 134 valence electrons. The molecule has 2 rings (SSSR count). The van der Waals surface area contributed by atoms with Crippen LogP contribution in [0.4, 0.5) is 0 Å². The number of ether oxygens (including phenoxy) is 1. The van der Waals surface area contributed by atoms with Crippen LogP contribution in [0.5, 0.6) is 5.75 Å². The average molecular weight is 364 g/mol. The lowest BCUT2D eigenvalue weighted by Gasteiger charge is -2.29. The second kappa shape index (κ2) is 8.34. The fourth-order valence-electron chi connectivity index (χ4n) is 2.63. The first-order chi connectivity index (χ1) is 11.8. The lowest BCUT2D eigenvalue weighted by molar-refractivity contribution is -0.139. The van der Waals surface area contributed by atoms with E-state index in [0.717, 1.165) is 5.56 Å². The van der Waals surface area contributed by atoms with Crippen LogP contribution in [0.2, 0.25) is 5.02 Å². The van der Waals surface area contributed by atoms with Crippen LogP contribution in [0.3, 0.4) is 0 Å². The Kier molecular flexibility index (Phi) is 6.42. The van der Waals surface area contributed by atoms with Gasteiger partial charge in [0.1, 0.15) is 11.5 Å². The maximum absolute atomic E-state index is 10.7. The van der Waals surface area contributed by atoms with Crippen molar-refractivity contribution in [1.29, 1.82) is 0 Å². The van der Waals surface area contributed by atoms with Crippen molar-refractivity contribution in [3.05, 3.63) is 64.7 Å². The van der Waals surface area contributed by atoms with Gasteiger partial charge in [0.15, 0.2) is 6.61 Å². The van der Waals surface area contributed by atoms with E-state index in [4.69, 9.17) is 21.4 Å². The van der Waals surface area contributed by atoms with E-state index in [1.54, 1.807) is 37.3 Å². The van der Waals surface area contributed by atoms with E-state index in [0.29, 0.717) is 22.8 Å². The Balaban J connectivity index is 1.95. The SMILES string of the molecule is C[C@H](Cc1ccc(OCC(=O)O)cc1)N[C@@](C)(O)c1cccc(Cl)c1. The Morgan fingerprint density at radius 1 is 1.28 bits per heavy atom. The maximum atomic E-state index is 10.7. The van der Waals surface area contributed by atoms with Crippen LogP contribution in [0.1, 0.15) is 25.0 Å². The van der Waals surface area contributed by atoms with Crippen LogP contribution in [-0.2, 0) is 16.9 Å². The molecule has 25 heavy (non-hydrogen) atoms. The van der Waals surface area contributed by atoms with Gasteiger partial charge in [0.25, 0.3) is 0 Å². The zero-order chi connectivity index (χ0) is 18.4. The molecule has 0 spiro atoms. The Morgan fingerprint density at radius 3 is 2.56 bits per heavy atom. The lowest BCUT2D eigenvalue weighted by Crippen LogP contribution is -2.45. The third-order valence-electron chi connectivity index (χ3n) is 3.74. The minimum Gasteiger partial charge on any atom is -0.482 e. The Bertz CT molecular complexity index is 716. The molecule has 2 aromatic rings. The zero-order valence-electron chi connectivity index (χ0n) is 14.2. The molecule has 0 radical (unpaired) electrons. The molecule has 0 aromatic heterocycles. The number of hydrogen-bond acceptors (Lipinski definition) is 4. The smallest absolute Gasteiger partial charge is 0.341 e. The summed E-state index contributed by atoms with van der Waals surface area (Å²) in [5.74, 6) is -0.497. The Labute approximate surface area is 152 Å². The molecule has 0 heterocycles. The Morgan fingerprint density at radius 2 is 1.96 bits per heavy atom. The highest BCUT2D eigenvalue weighted by atomic mass is 35.5. The molecule has 0 unspecified atom stereocenters. The fourth-order valence-corrected chi connectivity index (χ4v) is 2.82. The monoisotopic (exact) mass is 363 g/mol. The number of carbonyl (C=O) groups is 1. The fraction of sp³-hybridized carbons (Fsp3) is 0.316. The summed E-state index contributed by atoms with van der Waals surface area (Å²) in [5.41, 5.74) is 0.545. The van der Waals surface area contributed by atoms with Gasteiger partial charge in [0.2, 0.25) is 0 Å². The largest absolute Gasteiger partial charge is 0.482 e. The summed E-state index contributed by atoms with van der Waals surface area (Å²) < 4.78 is 5.11. The molecule has 0 aliphatic heterocycles. The van der Waals surface area contributed by atoms with E-state index in [9.17, 15) is 9.90 Å². The van der Waals surface area contributed by atoms with E-state index in [-0.39, 0.29) is 12.6 Å². The van der Waals surface area contributed by atoms with Crippen LogP contribution in [-0.4, -0.2) is 28.8 Å². The van der Waals surface area contributed by atoms with Crippen molar-refractivity contribution < 1.29 is 19.7 Å². The molecule has 6 heteroatoms. The number of carboxylic acids is 1. The van der Waals surface area contributed by atoms with E-state index >= 15 is 0 Å². The number of benzene rings is 2. The van der Waals surface area contributed by atoms with Crippen LogP contribution < -0.4 is 10.1 Å². The van der Waals surface area contributed by atoms with Crippen molar-refractivity contribution in [2.24, 2.45) is 0 Å². The van der Waals surface area contributed by atoms with Gasteiger partial charge in [0.05, 0.1) is 0 Å². The van der Waals surface area contributed by atoms with E-state index < -0.39 is 11.7 Å². The van der Waals surface area contributed by atoms with Gasteiger partial charge in [-0.3, -0.25) is 5.32 Å². The maximum Gasteiger partial charge on any atom is 0.341 e. The number of aliphatic carboxylic acids is 1. The van der Waals surface area contributed by atoms with Crippen molar-refractivity contribution in [2.45, 2.75) is 32.0 Å². The van der Waals surface area contributed by atoms with Crippen LogP contribution >= 0.6 is 11.6 Å². The first-order valence-electron chi connectivity index (χ1n) is 7.96. The average Bonchev–Trinajstić information content (AvgIpc) is 2.53. The highest BCUT2D eigenvalue weighted by Crippen LogP contribution is 2.22. The van der Waals surface area contributed by atoms with Crippen molar-refractivity contribution in [3.8, 4) is 5.75 Å². The highest BCUT2D eigenvalue weighted by Gasteiger charge is 2.25. The minimum absolute atomic E-state index is 0.000213. The standard InChI is InChI=1S/C19H22ClNO4/c1-13(21-19(2,24)15-4-3-5-16(20)11-15)10-14-6-8-17(9-7-14)25-12-18(22)23/h3-9,11,13,21,24H,10,12H2,1-2H3,(H,22,23)/t13-,19+/m1/s1. The first kappa shape index (κ1) is 19.2.